The fourth-order valence-corrected chi connectivity index (χ4v) is 2.05. The summed E-state index contributed by atoms with van der Waals surface area (Å²) in [6.45, 7) is 6.36. The summed E-state index contributed by atoms with van der Waals surface area (Å²) >= 11 is 0. The lowest BCUT2D eigenvalue weighted by molar-refractivity contribution is -0.122. The highest BCUT2D eigenvalue weighted by molar-refractivity contribution is 5.80. The van der Waals surface area contributed by atoms with Gasteiger partial charge in [0.1, 0.15) is 5.78 Å². The van der Waals surface area contributed by atoms with Gasteiger partial charge in [-0.2, -0.15) is 0 Å². The quantitative estimate of drug-likeness (QED) is 0.478. The first kappa shape index (κ1) is 14.7. The van der Waals surface area contributed by atoms with Crippen molar-refractivity contribution in [3.05, 3.63) is 0 Å². The molecule has 0 aliphatic rings. The zero-order valence-corrected chi connectivity index (χ0v) is 10.8. The van der Waals surface area contributed by atoms with Crippen molar-refractivity contribution in [3.63, 3.8) is 0 Å². The smallest absolute Gasteiger partial charge is 0.135 e. The standard InChI is InChI=1S/C14H28O/c1-4-7-8-9-10-11-12-13(5-2)14(15)6-3/h13H,4-12H2,1-3H3. The van der Waals surface area contributed by atoms with E-state index in [0.717, 1.165) is 12.8 Å². The molecule has 0 heterocycles. The molecule has 0 rings (SSSR count). The highest BCUT2D eigenvalue weighted by Gasteiger charge is 2.13. The van der Waals surface area contributed by atoms with Crippen LogP contribution in [-0.4, -0.2) is 5.78 Å². The van der Waals surface area contributed by atoms with Crippen molar-refractivity contribution in [1.29, 1.82) is 0 Å². The average molecular weight is 212 g/mol. The first-order valence-corrected chi connectivity index (χ1v) is 6.78. The molecule has 0 aromatic rings. The van der Waals surface area contributed by atoms with Gasteiger partial charge in [0.15, 0.2) is 0 Å². The Balaban J connectivity index is 3.42. The molecule has 0 aliphatic heterocycles. The third-order valence-electron chi connectivity index (χ3n) is 3.20. The number of rotatable bonds is 10. The van der Waals surface area contributed by atoms with Gasteiger partial charge < -0.3 is 0 Å². The Hall–Kier alpha value is -0.330. The summed E-state index contributed by atoms with van der Waals surface area (Å²) < 4.78 is 0. The molecular weight excluding hydrogens is 184 g/mol. The molecule has 1 heteroatoms. The van der Waals surface area contributed by atoms with Gasteiger partial charge in [-0.1, -0.05) is 59.3 Å². The molecule has 0 fully saturated rings. The van der Waals surface area contributed by atoms with Gasteiger partial charge >= 0.3 is 0 Å². The van der Waals surface area contributed by atoms with E-state index in [1.54, 1.807) is 0 Å². The van der Waals surface area contributed by atoms with E-state index in [-0.39, 0.29) is 0 Å². The van der Waals surface area contributed by atoms with Gasteiger partial charge in [-0.25, -0.2) is 0 Å². The fraction of sp³-hybridized carbons (Fsp3) is 0.929. The normalized spacial score (nSPS) is 12.7. The molecular formula is C14H28O. The Morgan fingerprint density at radius 3 is 2.07 bits per heavy atom. The van der Waals surface area contributed by atoms with Crippen molar-refractivity contribution in [2.24, 2.45) is 5.92 Å². The number of Topliss-reactive ketones (excluding diaryl/α,β-unsaturated/α-hetero) is 1. The van der Waals surface area contributed by atoms with E-state index in [2.05, 4.69) is 13.8 Å². The van der Waals surface area contributed by atoms with Crippen LogP contribution in [-0.2, 0) is 4.79 Å². The van der Waals surface area contributed by atoms with E-state index in [0.29, 0.717) is 18.1 Å². The van der Waals surface area contributed by atoms with E-state index >= 15 is 0 Å². The molecule has 0 aliphatic carbocycles. The van der Waals surface area contributed by atoms with Crippen LogP contribution >= 0.6 is 0 Å². The monoisotopic (exact) mass is 212 g/mol. The summed E-state index contributed by atoms with van der Waals surface area (Å²) in [6.07, 6.45) is 10.8. The summed E-state index contributed by atoms with van der Waals surface area (Å²) in [5.74, 6) is 0.812. The third kappa shape index (κ3) is 7.58. The van der Waals surface area contributed by atoms with E-state index in [1.165, 1.54) is 38.5 Å². The van der Waals surface area contributed by atoms with Crippen LogP contribution in [0.2, 0.25) is 0 Å². The SMILES string of the molecule is CCCCCCCCC(CC)C(=O)CC. The predicted octanol–water partition coefficient (Wildman–Crippen LogP) is 4.74. The topological polar surface area (TPSA) is 17.1 Å². The van der Waals surface area contributed by atoms with E-state index < -0.39 is 0 Å². The lowest BCUT2D eigenvalue weighted by atomic mass is 9.92. The first-order chi connectivity index (χ1) is 7.26. The number of hydrogen-bond acceptors (Lipinski definition) is 1. The minimum Gasteiger partial charge on any atom is -0.299 e. The Morgan fingerprint density at radius 2 is 1.53 bits per heavy atom. The number of ketones is 1. The third-order valence-corrected chi connectivity index (χ3v) is 3.20. The molecule has 15 heavy (non-hydrogen) atoms. The van der Waals surface area contributed by atoms with Gasteiger partial charge in [0.05, 0.1) is 0 Å². The van der Waals surface area contributed by atoms with Crippen LogP contribution in [0.4, 0.5) is 0 Å². The van der Waals surface area contributed by atoms with Crippen molar-refractivity contribution in [2.45, 2.75) is 78.6 Å². The van der Waals surface area contributed by atoms with Crippen molar-refractivity contribution in [3.8, 4) is 0 Å². The van der Waals surface area contributed by atoms with Crippen molar-refractivity contribution < 1.29 is 4.79 Å². The zero-order chi connectivity index (χ0) is 11.5. The number of unbranched alkanes of at least 4 members (excludes halogenated alkanes) is 5. The lowest BCUT2D eigenvalue weighted by Crippen LogP contribution is -2.12. The second-order valence-corrected chi connectivity index (χ2v) is 4.48. The van der Waals surface area contributed by atoms with Gasteiger partial charge in [0, 0.05) is 12.3 Å². The van der Waals surface area contributed by atoms with Crippen LogP contribution in [0.1, 0.15) is 78.6 Å². The van der Waals surface area contributed by atoms with E-state index in [1.807, 2.05) is 6.92 Å². The van der Waals surface area contributed by atoms with Crippen LogP contribution in [0.25, 0.3) is 0 Å². The molecule has 1 unspecified atom stereocenters. The van der Waals surface area contributed by atoms with E-state index in [9.17, 15) is 4.79 Å². The lowest BCUT2D eigenvalue weighted by Gasteiger charge is -2.11. The van der Waals surface area contributed by atoms with Crippen LogP contribution in [0.5, 0.6) is 0 Å². The molecule has 0 saturated carbocycles. The largest absolute Gasteiger partial charge is 0.299 e. The number of hydrogen-bond donors (Lipinski definition) is 0. The van der Waals surface area contributed by atoms with Crippen LogP contribution in [0.15, 0.2) is 0 Å². The maximum Gasteiger partial charge on any atom is 0.135 e. The van der Waals surface area contributed by atoms with Crippen LogP contribution in [0.3, 0.4) is 0 Å². The van der Waals surface area contributed by atoms with Crippen molar-refractivity contribution in [1.82, 2.24) is 0 Å². The second-order valence-electron chi connectivity index (χ2n) is 4.48. The molecule has 0 radical (unpaired) electrons. The summed E-state index contributed by atoms with van der Waals surface area (Å²) in [6, 6.07) is 0. The highest BCUT2D eigenvalue weighted by atomic mass is 16.1. The predicted molar refractivity (Wildman–Crippen MR) is 67.1 cm³/mol. The average Bonchev–Trinajstić information content (AvgIpc) is 2.27. The highest BCUT2D eigenvalue weighted by Crippen LogP contribution is 2.17. The molecule has 0 aromatic carbocycles. The molecule has 0 bridgehead atoms. The van der Waals surface area contributed by atoms with E-state index in [4.69, 9.17) is 0 Å². The summed E-state index contributed by atoms with van der Waals surface area (Å²) in [5, 5.41) is 0. The van der Waals surface area contributed by atoms with Crippen LogP contribution < -0.4 is 0 Å². The van der Waals surface area contributed by atoms with Gasteiger partial charge in [0.2, 0.25) is 0 Å². The molecule has 0 amide bonds. The fourth-order valence-electron chi connectivity index (χ4n) is 2.05. The summed E-state index contributed by atoms with van der Waals surface area (Å²) in [4.78, 5) is 11.5. The Morgan fingerprint density at radius 1 is 0.933 bits per heavy atom. The molecule has 0 N–H and O–H groups in total. The molecule has 1 nitrogen and oxygen atoms in total. The molecule has 0 saturated heterocycles. The molecule has 90 valence electrons. The minimum atomic E-state index is 0.348. The maximum absolute atomic E-state index is 11.5. The van der Waals surface area contributed by atoms with Gasteiger partial charge in [0.25, 0.3) is 0 Å². The minimum absolute atomic E-state index is 0.348. The Bertz CT molecular complexity index is 151. The molecule has 1 atom stereocenters. The molecule has 0 spiro atoms. The zero-order valence-electron chi connectivity index (χ0n) is 10.8. The van der Waals surface area contributed by atoms with Gasteiger partial charge in [-0.05, 0) is 12.8 Å². The van der Waals surface area contributed by atoms with Crippen molar-refractivity contribution >= 4 is 5.78 Å². The van der Waals surface area contributed by atoms with Crippen LogP contribution in [0, 0.1) is 5.92 Å². The maximum atomic E-state index is 11.5. The van der Waals surface area contributed by atoms with Gasteiger partial charge in [-0.15, -0.1) is 0 Å². The summed E-state index contributed by atoms with van der Waals surface area (Å²) in [7, 11) is 0. The summed E-state index contributed by atoms with van der Waals surface area (Å²) in [5.41, 5.74) is 0. The van der Waals surface area contributed by atoms with Gasteiger partial charge in [-0.3, -0.25) is 4.79 Å². The first-order valence-electron chi connectivity index (χ1n) is 6.78. The Kier molecular flexibility index (Phi) is 9.97. The number of carbonyl (C=O) groups excluding carboxylic acids is 1. The number of carbonyl (C=O) groups is 1. The second kappa shape index (κ2) is 10.2. The van der Waals surface area contributed by atoms with Crippen molar-refractivity contribution in [2.75, 3.05) is 0 Å². The molecule has 0 aromatic heterocycles. The Labute approximate surface area is 95.6 Å².